The van der Waals surface area contributed by atoms with Crippen LogP contribution in [0.3, 0.4) is 0 Å². The Bertz CT molecular complexity index is 1350. The Balaban J connectivity index is 1.64. The predicted octanol–water partition coefficient (Wildman–Crippen LogP) is 2.91. The topological polar surface area (TPSA) is 107 Å². The standard InChI is InChI=1S/C24H23ClF2N2O5S/c1-35(32,33)15-4-2-3-12(5-15)23(31)29-20(22(28)30)6-14-9-24(14,29)21(13-10-34-11-13)16-7-19(27)17(25)8-18(16)26/h2-5,7-8,13-14,20-21H,6,9-11H2,1H3,(H2,28,30)/t14?,20?,21-,24?/m1/s1. The van der Waals surface area contributed by atoms with E-state index < -0.39 is 50.8 Å². The fraction of sp³-hybridized carbons (Fsp3) is 0.417. The summed E-state index contributed by atoms with van der Waals surface area (Å²) in [4.78, 5) is 27.6. The Hall–Kier alpha value is -2.56. The first-order chi connectivity index (χ1) is 16.4. The van der Waals surface area contributed by atoms with Gasteiger partial charge in [-0.25, -0.2) is 17.2 Å². The van der Waals surface area contributed by atoms with Crippen LogP contribution >= 0.6 is 11.6 Å². The number of benzene rings is 2. The molecule has 1 aliphatic carbocycles. The van der Waals surface area contributed by atoms with Crippen LogP contribution in [-0.4, -0.2) is 56.2 Å². The summed E-state index contributed by atoms with van der Waals surface area (Å²) in [5.74, 6) is -3.84. The number of hydrogen-bond acceptors (Lipinski definition) is 5. The van der Waals surface area contributed by atoms with Gasteiger partial charge in [0.05, 0.1) is 28.7 Å². The molecule has 11 heteroatoms. The Morgan fingerprint density at radius 2 is 1.91 bits per heavy atom. The van der Waals surface area contributed by atoms with Gasteiger partial charge < -0.3 is 15.4 Å². The number of carbonyl (C=O) groups excluding carboxylic acids is 2. The van der Waals surface area contributed by atoms with E-state index in [9.17, 15) is 22.4 Å². The molecule has 1 saturated carbocycles. The summed E-state index contributed by atoms with van der Waals surface area (Å²) in [6, 6.07) is 6.53. The third-order valence-electron chi connectivity index (χ3n) is 7.49. The van der Waals surface area contributed by atoms with Crippen molar-refractivity contribution in [1.82, 2.24) is 4.90 Å². The van der Waals surface area contributed by atoms with Crippen molar-refractivity contribution in [3.05, 3.63) is 64.2 Å². The maximum absolute atomic E-state index is 15.2. The lowest BCUT2D eigenvalue weighted by molar-refractivity contribution is -0.123. The van der Waals surface area contributed by atoms with E-state index in [1.54, 1.807) is 0 Å². The van der Waals surface area contributed by atoms with E-state index in [4.69, 9.17) is 22.1 Å². The first-order valence-electron chi connectivity index (χ1n) is 11.1. The van der Waals surface area contributed by atoms with Crippen molar-refractivity contribution in [1.29, 1.82) is 0 Å². The number of nitrogens with zero attached hydrogens (tertiary/aromatic N) is 1. The van der Waals surface area contributed by atoms with Gasteiger partial charge in [0, 0.05) is 23.7 Å². The summed E-state index contributed by atoms with van der Waals surface area (Å²) >= 11 is 5.78. The Labute approximate surface area is 206 Å². The van der Waals surface area contributed by atoms with Gasteiger partial charge in [-0.3, -0.25) is 9.59 Å². The highest BCUT2D eigenvalue weighted by Crippen LogP contribution is 2.67. The largest absolute Gasteiger partial charge is 0.381 e. The average Bonchev–Trinajstić information content (AvgIpc) is 3.37. The Morgan fingerprint density at radius 1 is 1.20 bits per heavy atom. The fourth-order valence-corrected chi connectivity index (χ4v) is 6.66. The molecule has 2 N–H and O–H groups in total. The van der Waals surface area contributed by atoms with Crippen molar-refractivity contribution < 1.29 is 31.5 Å². The number of fused-ring (bicyclic) bond motifs is 1. The molecular formula is C24H23ClF2N2O5S. The lowest BCUT2D eigenvalue weighted by Gasteiger charge is -2.44. The van der Waals surface area contributed by atoms with E-state index in [1.165, 1.54) is 29.2 Å². The van der Waals surface area contributed by atoms with Crippen LogP contribution in [0.5, 0.6) is 0 Å². The van der Waals surface area contributed by atoms with Gasteiger partial charge in [0.25, 0.3) is 5.91 Å². The minimum Gasteiger partial charge on any atom is -0.381 e. The van der Waals surface area contributed by atoms with Crippen molar-refractivity contribution in [2.75, 3.05) is 19.5 Å². The molecule has 0 bridgehead atoms. The number of sulfone groups is 1. The molecular weight excluding hydrogens is 502 g/mol. The third kappa shape index (κ3) is 3.82. The lowest BCUT2D eigenvalue weighted by Crippen LogP contribution is -2.55. The van der Waals surface area contributed by atoms with E-state index in [2.05, 4.69) is 0 Å². The smallest absolute Gasteiger partial charge is 0.255 e. The number of hydrogen-bond donors (Lipinski definition) is 1. The molecule has 0 spiro atoms. The number of piperidine rings is 1. The van der Waals surface area contributed by atoms with Crippen LogP contribution < -0.4 is 5.73 Å². The number of amides is 2. The normalized spacial score (nSPS) is 26.7. The van der Waals surface area contributed by atoms with Crippen LogP contribution in [0.1, 0.15) is 34.7 Å². The SMILES string of the molecule is CS(=O)(=O)c1cccc(C(=O)N2C(C(N)=O)CC3CC32[C@@H](c2cc(F)c(Cl)cc2F)C2COC2)c1. The molecule has 2 heterocycles. The number of likely N-dealkylation sites (tertiary alicyclic amines) is 1. The van der Waals surface area contributed by atoms with Crippen LogP contribution in [0.4, 0.5) is 8.78 Å². The van der Waals surface area contributed by atoms with Crippen LogP contribution in [0.2, 0.25) is 5.02 Å². The minimum atomic E-state index is -3.60. The van der Waals surface area contributed by atoms with Crippen molar-refractivity contribution >= 4 is 33.3 Å². The van der Waals surface area contributed by atoms with E-state index in [-0.39, 0.29) is 52.5 Å². The molecule has 2 aromatic rings. The quantitative estimate of drug-likeness (QED) is 0.585. The second-order valence-corrected chi connectivity index (χ2v) is 12.0. The van der Waals surface area contributed by atoms with Crippen LogP contribution in [0, 0.1) is 23.5 Å². The summed E-state index contributed by atoms with van der Waals surface area (Å²) < 4.78 is 59.1. The second kappa shape index (κ2) is 8.25. The van der Waals surface area contributed by atoms with Gasteiger partial charge in [-0.2, -0.15) is 0 Å². The predicted molar refractivity (Wildman–Crippen MR) is 123 cm³/mol. The molecule has 35 heavy (non-hydrogen) atoms. The molecule has 2 saturated heterocycles. The van der Waals surface area contributed by atoms with Gasteiger partial charge >= 0.3 is 0 Å². The first kappa shape index (κ1) is 24.1. The molecule has 0 radical (unpaired) electrons. The lowest BCUT2D eigenvalue weighted by atomic mass is 9.76. The van der Waals surface area contributed by atoms with Crippen LogP contribution in [0.25, 0.3) is 0 Å². The number of ether oxygens (including phenoxy) is 1. The number of halogens is 3. The van der Waals surface area contributed by atoms with E-state index in [0.29, 0.717) is 6.42 Å². The van der Waals surface area contributed by atoms with E-state index in [0.717, 1.165) is 18.4 Å². The summed E-state index contributed by atoms with van der Waals surface area (Å²) in [6.07, 6.45) is 1.79. The molecule has 7 nitrogen and oxygen atoms in total. The number of primary amides is 1. The van der Waals surface area contributed by atoms with Crippen molar-refractivity contribution in [2.45, 2.75) is 35.2 Å². The maximum atomic E-state index is 15.2. The maximum Gasteiger partial charge on any atom is 0.255 e. The van der Waals surface area contributed by atoms with Gasteiger partial charge in [-0.1, -0.05) is 17.7 Å². The molecule has 186 valence electrons. The highest BCUT2D eigenvalue weighted by atomic mass is 35.5. The van der Waals surface area contributed by atoms with Gasteiger partial charge in [0.2, 0.25) is 5.91 Å². The summed E-state index contributed by atoms with van der Waals surface area (Å²) in [5, 5.41) is -0.355. The highest BCUT2D eigenvalue weighted by Gasteiger charge is 2.72. The van der Waals surface area contributed by atoms with Crippen LogP contribution in [-0.2, 0) is 19.4 Å². The van der Waals surface area contributed by atoms with Gasteiger partial charge in [-0.15, -0.1) is 0 Å². The van der Waals surface area contributed by atoms with Gasteiger partial charge in [-0.05, 0) is 54.7 Å². The first-order valence-corrected chi connectivity index (χ1v) is 13.4. The van der Waals surface area contributed by atoms with Gasteiger partial charge in [0.1, 0.15) is 17.7 Å². The average molecular weight is 525 g/mol. The number of nitrogens with two attached hydrogens (primary N) is 1. The van der Waals surface area contributed by atoms with Crippen molar-refractivity contribution in [3.8, 4) is 0 Å². The summed E-state index contributed by atoms with van der Waals surface area (Å²) in [5.41, 5.74) is 4.81. The molecule has 4 atom stereocenters. The molecule has 3 aliphatic rings. The Morgan fingerprint density at radius 3 is 2.51 bits per heavy atom. The third-order valence-corrected chi connectivity index (χ3v) is 8.89. The molecule has 2 aromatic carbocycles. The zero-order valence-electron chi connectivity index (χ0n) is 18.7. The number of carbonyl (C=O) groups is 2. The Kier molecular flexibility index (Phi) is 5.69. The molecule has 3 unspecified atom stereocenters. The molecule has 2 amide bonds. The van der Waals surface area contributed by atoms with Gasteiger partial charge in [0.15, 0.2) is 9.84 Å². The second-order valence-electron chi connectivity index (χ2n) is 9.58. The zero-order valence-corrected chi connectivity index (χ0v) is 20.3. The zero-order chi connectivity index (χ0) is 25.3. The highest BCUT2D eigenvalue weighted by molar-refractivity contribution is 7.90. The van der Waals surface area contributed by atoms with Crippen molar-refractivity contribution in [3.63, 3.8) is 0 Å². The fourth-order valence-electron chi connectivity index (χ4n) is 5.84. The molecule has 0 aromatic heterocycles. The van der Waals surface area contributed by atoms with Crippen molar-refractivity contribution in [2.24, 2.45) is 17.6 Å². The van der Waals surface area contributed by atoms with E-state index >= 15 is 4.39 Å². The monoisotopic (exact) mass is 524 g/mol. The molecule has 2 aliphatic heterocycles. The minimum absolute atomic E-state index is 0.0469. The van der Waals surface area contributed by atoms with Crippen LogP contribution in [0.15, 0.2) is 41.3 Å². The number of rotatable bonds is 6. The summed E-state index contributed by atoms with van der Waals surface area (Å²) in [6.45, 7) is 0.575. The molecule has 5 rings (SSSR count). The summed E-state index contributed by atoms with van der Waals surface area (Å²) in [7, 11) is -3.60. The van der Waals surface area contributed by atoms with E-state index in [1.807, 2.05) is 0 Å². The molecule has 3 fully saturated rings.